The molecule has 98 valence electrons. The molecule has 0 aliphatic rings. The Morgan fingerprint density at radius 1 is 1.32 bits per heavy atom. The fourth-order valence-electron chi connectivity index (χ4n) is 1.67. The number of nitrogens with zero attached hydrogens (tertiary/aromatic N) is 3. The van der Waals surface area contributed by atoms with Gasteiger partial charge in [-0.25, -0.2) is 14.2 Å². The highest BCUT2D eigenvalue weighted by atomic mass is 19.1. The van der Waals surface area contributed by atoms with Gasteiger partial charge < -0.3 is 10.0 Å². The lowest BCUT2D eigenvalue weighted by Gasteiger charge is -2.18. The van der Waals surface area contributed by atoms with Gasteiger partial charge in [-0.3, -0.25) is 4.98 Å². The molecule has 0 saturated carbocycles. The summed E-state index contributed by atoms with van der Waals surface area (Å²) >= 11 is 0. The van der Waals surface area contributed by atoms with Crippen LogP contribution < -0.4 is 4.90 Å². The highest BCUT2D eigenvalue weighted by Crippen LogP contribution is 2.19. The van der Waals surface area contributed by atoms with Gasteiger partial charge in [-0.1, -0.05) is 6.07 Å². The van der Waals surface area contributed by atoms with E-state index in [1.54, 1.807) is 25.4 Å². The second-order valence-corrected chi connectivity index (χ2v) is 3.98. The van der Waals surface area contributed by atoms with Gasteiger partial charge in [-0.05, 0) is 18.2 Å². The minimum Gasteiger partial charge on any atom is -0.478 e. The molecule has 0 spiro atoms. The standard InChI is InChI=1S/C13H12FN3O2/c1-17(8-9-4-2-3-6-15-9)12-11(14)10(13(18)19)5-7-16-12/h2-7H,8H2,1H3,(H,18,19). The Balaban J connectivity index is 2.27. The van der Waals surface area contributed by atoms with E-state index in [9.17, 15) is 9.18 Å². The zero-order valence-electron chi connectivity index (χ0n) is 10.2. The molecule has 0 saturated heterocycles. The van der Waals surface area contributed by atoms with E-state index in [-0.39, 0.29) is 5.82 Å². The maximum Gasteiger partial charge on any atom is 0.338 e. The van der Waals surface area contributed by atoms with Crippen molar-refractivity contribution in [3.63, 3.8) is 0 Å². The van der Waals surface area contributed by atoms with E-state index in [1.807, 2.05) is 6.07 Å². The molecule has 2 aromatic rings. The molecule has 5 nitrogen and oxygen atoms in total. The largest absolute Gasteiger partial charge is 0.478 e. The molecule has 1 N–H and O–H groups in total. The van der Waals surface area contributed by atoms with Crippen molar-refractivity contribution in [2.75, 3.05) is 11.9 Å². The number of hydrogen-bond acceptors (Lipinski definition) is 4. The number of rotatable bonds is 4. The van der Waals surface area contributed by atoms with Gasteiger partial charge in [0.25, 0.3) is 0 Å². The van der Waals surface area contributed by atoms with Gasteiger partial charge in [0.05, 0.1) is 12.2 Å². The van der Waals surface area contributed by atoms with E-state index >= 15 is 0 Å². The maximum atomic E-state index is 14.0. The first-order valence-electron chi connectivity index (χ1n) is 5.58. The van der Waals surface area contributed by atoms with E-state index in [2.05, 4.69) is 9.97 Å². The number of carboxylic acids is 1. The third-order valence-corrected chi connectivity index (χ3v) is 2.59. The van der Waals surface area contributed by atoms with E-state index in [0.717, 1.165) is 11.8 Å². The van der Waals surface area contributed by atoms with Crippen molar-refractivity contribution in [3.05, 3.63) is 53.7 Å². The highest BCUT2D eigenvalue weighted by molar-refractivity contribution is 5.88. The normalized spacial score (nSPS) is 10.2. The maximum absolute atomic E-state index is 14.0. The van der Waals surface area contributed by atoms with E-state index < -0.39 is 17.3 Å². The number of pyridine rings is 2. The summed E-state index contributed by atoms with van der Waals surface area (Å²) in [5.41, 5.74) is 0.352. The Labute approximate surface area is 109 Å². The SMILES string of the molecule is CN(Cc1ccccn1)c1nccc(C(=O)O)c1F. The molecule has 0 aliphatic heterocycles. The molecule has 0 aliphatic carbocycles. The summed E-state index contributed by atoms with van der Waals surface area (Å²) in [7, 11) is 1.63. The number of hydrogen-bond donors (Lipinski definition) is 1. The van der Waals surface area contributed by atoms with Crippen LogP contribution in [0.1, 0.15) is 16.1 Å². The lowest BCUT2D eigenvalue weighted by molar-refractivity contribution is 0.0692. The molecule has 2 rings (SSSR count). The van der Waals surface area contributed by atoms with Crippen LogP contribution in [0.5, 0.6) is 0 Å². The summed E-state index contributed by atoms with van der Waals surface area (Å²) in [6.07, 6.45) is 2.91. The predicted octanol–water partition coefficient (Wildman–Crippen LogP) is 1.95. The fraction of sp³-hybridized carbons (Fsp3) is 0.154. The van der Waals surface area contributed by atoms with Gasteiger partial charge in [-0.2, -0.15) is 0 Å². The first-order valence-corrected chi connectivity index (χ1v) is 5.58. The lowest BCUT2D eigenvalue weighted by Crippen LogP contribution is -2.21. The second kappa shape index (κ2) is 5.43. The van der Waals surface area contributed by atoms with Crippen molar-refractivity contribution in [1.82, 2.24) is 9.97 Å². The topological polar surface area (TPSA) is 66.3 Å². The number of anilines is 1. The minimum absolute atomic E-state index is 0.00875. The number of aromatic nitrogens is 2. The van der Waals surface area contributed by atoms with Gasteiger partial charge in [0, 0.05) is 19.4 Å². The monoisotopic (exact) mass is 261 g/mol. The van der Waals surface area contributed by atoms with Crippen molar-refractivity contribution in [2.24, 2.45) is 0 Å². The van der Waals surface area contributed by atoms with Crippen molar-refractivity contribution in [1.29, 1.82) is 0 Å². The van der Waals surface area contributed by atoms with Gasteiger partial charge in [0.2, 0.25) is 0 Å². The fourth-order valence-corrected chi connectivity index (χ4v) is 1.67. The summed E-state index contributed by atoms with van der Waals surface area (Å²) in [5.74, 6) is -2.16. The van der Waals surface area contributed by atoms with Crippen molar-refractivity contribution >= 4 is 11.8 Å². The van der Waals surface area contributed by atoms with Crippen molar-refractivity contribution < 1.29 is 14.3 Å². The average molecular weight is 261 g/mol. The van der Waals surface area contributed by atoms with Crippen LogP contribution >= 0.6 is 0 Å². The molecule has 19 heavy (non-hydrogen) atoms. The average Bonchev–Trinajstić information content (AvgIpc) is 2.39. The summed E-state index contributed by atoms with van der Waals surface area (Å²) in [4.78, 5) is 20.4. The summed E-state index contributed by atoms with van der Waals surface area (Å²) in [6.45, 7) is 0.341. The number of carbonyl (C=O) groups is 1. The van der Waals surface area contributed by atoms with Crippen LogP contribution in [0.3, 0.4) is 0 Å². The minimum atomic E-state index is -1.31. The van der Waals surface area contributed by atoms with Gasteiger partial charge >= 0.3 is 5.97 Å². The predicted molar refractivity (Wildman–Crippen MR) is 67.5 cm³/mol. The number of carboxylic acid groups (broad SMARTS) is 1. The molecule has 0 atom stereocenters. The molecule has 2 aromatic heterocycles. The molecule has 0 radical (unpaired) electrons. The Hall–Kier alpha value is -2.50. The van der Waals surface area contributed by atoms with E-state index in [1.165, 1.54) is 11.1 Å². The molecular weight excluding hydrogens is 249 g/mol. The number of aromatic carboxylic acids is 1. The van der Waals surface area contributed by atoms with Gasteiger partial charge in [0.15, 0.2) is 11.6 Å². The molecule has 0 amide bonds. The van der Waals surface area contributed by atoms with Crippen LogP contribution in [-0.2, 0) is 6.54 Å². The first kappa shape index (κ1) is 12.9. The van der Waals surface area contributed by atoms with Crippen LogP contribution in [0, 0.1) is 5.82 Å². The van der Waals surface area contributed by atoms with Crippen LogP contribution in [-0.4, -0.2) is 28.1 Å². The zero-order chi connectivity index (χ0) is 13.8. The van der Waals surface area contributed by atoms with Crippen molar-refractivity contribution in [3.8, 4) is 0 Å². The summed E-state index contributed by atoms with van der Waals surface area (Å²) in [5, 5.41) is 8.86. The van der Waals surface area contributed by atoms with Crippen LogP contribution in [0.4, 0.5) is 10.2 Å². The molecule has 0 fully saturated rings. The second-order valence-electron chi connectivity index (χ2n) is 3.98. The molecule has 2 heterocycles. The van der Waals surface area contributed by atoms with E-state index in [0.29, 0.717) is 6.54 Å². The Morgan fingerprint density at radius 2 is 2.11 bits per heavy atom. The van der Waals surface area contributed by atoms with Crippen LogP contribution in [0.15, 0.2) is 36.7 Å². The molecule has 0 unspecified atom stereocenters. The summed E-state index contributed by atoms with van der Waals surface area (Å²) < 4.78 is 14.0. The quantitative estimate of drug-likeness (QED) is 0.911. The first-order chi connectivity index (χ1) is 9.09. The van der Waals surface area contributed by atoms with E-state index in [4.69, 9.17) is 5.11 Å². The van der Waals surface area contributed by atoms with Crippen molar-refractivity contribution in [2.45, 2.75) is 6.54 Å². The molecular formula is C13H12FN3O2. The molecule has 0 aromatic carbocycles. The zero-order valence-corrected chi connectivity index (χ0v) is 10.2. The van der Waals surface area contributed by atoms with Crippen LogP contribution in [0.25, 0.3) is 0 Å². The smallest absolute Gasteiger partial charge is 0.338 e. The highest BCUT2D eigenvalue weighted by Gasteiger charge is 2.17. The van der Waals surface area contributed by atoms with Crippen LogP contribution in [0.2, 0.25) is 0 Å². The lowest BCUT2D eigenvalue weighted by atomic mass is 10.2. The Kier molecular flexibility index (Phi) is 3.70. The van der Waals surface area contributed by atoms with Gasteiger partial charge in [0.1, 0.15) is 5.56 Å². The summed E-state index contributed by atoms with van der Waals surface area (Å²) in [6, 6.07) is 6.55. The Bertz CT molecular complexity index is 590. The van der Waals surface area contributed by atoms with Gasteiger partial charge in [-0.15, -0.1) is 0 Å². The third-order valence-electron chi connectivity index (χ3n) is 2.59. The molecule has 0 bridgehead atoms. The number of halogens is 1. The Morgan fingerprint density at radius 3 is 2.74 bits per heavy atom. The third kappa shape index (κ3) is 2.85. The molecule has 6 heteroatoms.